The number of hydrogen-bond acceptors (Lipinski definition) is 4. The van der Waals surface area contributed by atoms with Gasteiger partial charge in [-0.2, -0.15) is 9.57 Å². The Morgan fingerprint density at radius 3 is 2.30 bits per heavy atom. The molecule has 27 heavy (non-hydrogen) atoms. The van der Waals surface area contributed by atoms with Crippen LogP contribution in [-0.4, -0.2) is 49.7 Å². The molecule has 2 aliphatic heterocycles. The van der Waals surface area contributed by atoms with Crippen molar-refractivity contribution < 1.29 is 22.0 Å². The molecule has 0 atom stereocenters. The van der Waals surface area contributed by atoms with Crippen LogP contribution in [0.1, 0.15) is 25.7 Å². The van der Waals surface area contributed by atoms with E-state index in [2.05, 4.69) is 6.07 Å². The predicted octanol–water partition coefficient (Wildman–Crippen LogP) is 2.13. The van der Waals surface area contributed by atoms with Crippen molar-refractivity contribution in [2.24, 2.45) is 11.8 Å². The number of nitriles is 1. The van der Waals surface area contributed by atoms with Crippen molar-refractivity contribution in [3.63, 3.8) is 0 Å². The Kier molecular flexibility index (Phi) is 5.77. The van der Waals surface area contributed by atoms with Crippen molar-refractivity contribution in [3.8, 4) is 6.07 Å². The minimum atomic E-state index is -4.14. The summed E-state index contributed by atoms with van der Waals surface area (Å²) in [4.78, 5) is 13.7. The van der Waals surface area contributed by atoms with Gasteiger partial charge in [-0.15, -0.1) is 0 Å². The van der Waals surface area contributed by atoms with E-state index >= 15 is 0 Å². The second-order valence-electron chi connectivity index (χ2n) is 6.98. The smallest absolute Gasteiger partial charge is 0.246 e. The summed E-state index contributed by atoms with van der Waals surface area (Å²) in [6.07, 6.45) is 2.00. The van der Waals surface area contributed by atoms with Gasteiger partial charge in [-0.1, -0.05) is 0 Å². The fourth-order valence-corrected chi connectivity index (χ4v) is 5.19. The number of halogens is 2. The highest BCUT2D eigenvalue weighted by Crippen LogP contribution is 2.28. The molecule has 1 amide bonds. The molecule has 3 rings (SSSR count). The van der Waals surface area contributed by atoms with E-state index in [-0.39, 0.29) is 30.8 Å². The highest BCUT2D eigenvalue weighted by molar-refractivity contribution is 7.89. The molecule has 1 aromatic rings. The first-order valence-corrected chi connectivity index (χ1v) is 10.4. The lowest BCUT2D eigenvalue weighted by Gasteiger charge is -2.35. The van der Waals surface area contributed by atoms with Crippen LogP contribution in [0.4, 0.5) is 8.78 Å². The van der Waals surface area contributed by atoms with Crippen molar-refractivity contribution in [1.29, 1.82) is 5.26 Å². The molecule has 1 aromatic carbocycles. The van der Waals surface area contributed by atoms with Crippen LogP contribution in [0.25, 0.3) is 0 Å². The predicted molar refractivity (Wildman–Crippen MR) is 92.8 cm³/mol. The van der Waals surface area contributed by atoms with Crippen LogP contribution >= 0.6 is 0 Å². The van der Waals surface area contributed by atoms with Gasteiger partial charge in [0, 0.05) is 38.0 Å². The van der Waals surface area contributed by atoms with E-state index in [4.69, 9.17) is 5.26 Å². The largest absolute Gasteiger partial charge is 0.342 e. The van der Waals surface area contributed by atoms with Crippen molar-refractivity contribution >= 4 is 15.9 Å². The van der Waals surface area contributed by atoms with E-state index in [9.17, 15) is 22.0 Å². The normalized spacial score (nSPS) is 20.4. The molecular formula is C18H21F2N3O3S. The van der Waals surface area contributed by atoms with Gasteiger partial charge >= 0.3 is 0 Å². The Labute approximate surface area is 157 Å². The highest BCUT2D eigenvalue weighted by atomic mass is 32.2. The van der Waals surface area contributed by atoms with Crippen LogP contribution in [0.3, 0.4) is 0 Å². The average Bonchev–Trinajstić information content (AvgIpc) is 2.69. The average molecular weight is 397 g/mol. The Morgan fingerprint density at radius 2 is 1.70 bits per heavy atom. The number of rotatable bonds is 3. The summed E-state index contributed by atoms with van der Waals surface area (Å²) in [5.74, 6) is -2.12. The summed E-state index contributed by atoms with van der Waals surface area (Å²) < 4.78 is 53.5. The monoisotopic (exact) mass is 397 g/mol. The standard InChI is InChI=1S/C18H21F2N3O3S/c19-15-1-2-16(20)17(11-15)27(25,26)23-9-5-14(6-10-23)18(24)22-7-3-13(12-21)4-8-22/h1-2,11,13-14H,3-10H2. The molecule has 0 radical (unpaired) electrons. The minimum absolute atomic E-state index is 0.0118. The highest BCUT2D eigenvalue weighted by Gasteiger charge is 2.35. The third-order valence-electron chi connectivity index (χ3n) is 5.30. The number of benzene rings is 1. The van der Waals surface area contributed by atoms with E-state index in [0.29, 0.717) is 44.8 Å². The molecule has 0 N–H and O–H groups in total. The maximum atomic E-state index is 13.9. The summed E-state index contributed by atoms with van der Waals surface area (Å²) in [5.41, 5.74) is 0. The number of nitrogens with zero attached hydrogens (tertiary/aromatic N) is 3. The molecule has 0 spiro atoms. The Morgan fingerprint density at radius 1 is 1.07 bits per heavy atom. The second kappa shape index (κ2) is 7.90. The number of amides is 1. The molecule has 2 fully saturated rings. The van der Waals surface area contributed by atoms with Gasteiger partial charge in [-0.3, -0.25) is 4.79 Å². The first-order valence-electron chi connectivity index (χ1n) is 8.96. The molecule has 2 aliphatic rings. The fraction of sp³-hybridized carbons (Fsp3) is 0.556. The molecule has 2 saturated heterocycles. The Balaban J connectivity index is 1.62. The first kappa shape index (κ1) is 19.7. The summed E-state index contributed by atoms with van der Waals surface area (Å²) >= 11 is 0. The summed E-state index contributed by atoms with van der Waals surface area (Å²) in [5, 5.41) is 8.93. The number of piperidine rings is 2. The number of likely N-dealkylation sites (tertiary alicyclic amines) is 1. The molecule has 0 aliphatic carbocycles. The maximum absolute atomic E-state index is 13.9. The number of carbonyl (C=O) groups excluding carboxylic acids is 1. The van der Waals surface area contributed by atoms with Crippen molar-refractivity contribution in [1.82, 2.24) is 9.21 Å². The minimum Gasteiger partial charge on any atom is -0.342 e. The SMILES string of the molecule is N#CC1CCN(C(=O)C2CCN(S(=O)(=O)c3cc(F)ccc3F)CC2)CC1. The van der Waals surface area contributed by atoms with Crippen LogP contribution in [0.5, 0.6) is 0 Å². The van der Waals surface area contributed by atoms with Gasteiger partial charge < -0.3 is 4.90 Å². The van der Waals surface area contributed by atoms with Crippen LogP contribution in [0.15, 0.2) is 23.1 Å². The van der Waals surface area contributed by atoms with Gasteiger partial charge in [0.1, 0.15) is 16.5 Å². The van der Waals surface area contributed by atoms with Gasteiger partial charge in [0.05, 0.1) is 6.07 Å². The number of hydrogen-bond donors (Lipinski definition) is 0. The summed E-state index contributed by atoms with van der Waals surface area (Å²) in [7, 11) is -4.14. The van der Waals surface area contributed by atoms with Crippen LogP contribution in [0.2, 0.25) is 0 Å². The van der Waals surface area contributed by atoms with Gasteiger partial charge in [0.15, 0.2) is 0 Å². The van der Waals surface area contributed by atoms with Gasteiger partial charge in [0.2, 0.25) is 15.9 Å². The van der Waals surface area contributed by atoms with E-state index in [1.807, 2.05) is 0 Å². The molecule has 6 nitrogen and oxygen atoms in total. The number of carbonyl (C=O) groups is 1. The molecule has 0 saturated carbocycles. The molecule has 0 aromatic heterocycles. The van der Waals surface area contributed by atoms with Crippen LogP contribution in [0, 0.1) is 34.8 Å². The topological polar surface area (TPSA) is 81.5 Å². The van der Waals surface area contributed by atoms with Gasteiger partial charge in [-0.05, 0) is 43.9 Å². The van der Waals surface area contributed by atoms with Crippen molar-refractivity contribution in [2.75, 3.05) is 26.2 Å². The molecule has 0 bridgehead atoms. The maximum Gasteiger partial charge on any atom is 0.246 e. The second-order valence-corrected chi connectivity index (χ2v) is 8.89. The molecule has 2 heterocycles. The van der Waals surface area contributed by atoms with Gasteiger partial charge in [-0.25, -0.2) is 17.2 Å². The van der Waals surface area contributed by atoms with Crippen molar-refractivity contribution in [3.05, 3.63) is 29.8 Å². The third-order valence-corrected chi connectivity index (χ3v) is 7.22. The number of sulfonamides is 1. The lowest BCUT2D eigenvalue weighted by Crippen LogP contribution is -2.46. The summed E-state index contributed by atoms with van der Waals surface area (Å²) in [6, 6.07) is 4.57. The Bertz CT molecular complexity index is 853. The van der Waals surface area contributed by atoms with E-state index < -0.39 is 26.6 Å². The van der Waals surface area contributed by atoms with Crippen LogP contribution in [-0.2, 0) is 14.8 Å². The third kappa shape index (κ3) is 4.12. The zero-order valence-corrected chi connectivity index (χ0v) is 15.6. The lowest BCUT2D eigenvalue weighted by molar-refractivity contribution is -0.137. The quantitative estimate of drug-likeness (QED) is 0.782. The zero-order chi connectivity index (χ0) is 19.6. The Hall–Kier alpha value is -2.05. The molecule has 146 valence electrons. The molecule has 0 unspecified atom stereocenters. The van der Waals surface area contributed by atoms with Gasteiger partial charge in [0.25, 0.3) is 0 Å². The van der Waals surface area contributed by atoms with Crippen LogP contribution < -0.4 is 0 Å². The molecular weight excluding hydrogens is 376 g/mol. The lowest BCUT2D eigenvalue weighted by atomic mass is 9.93. The van der Waals surface area contributed by atoms with E-state index in [0.717, 1.165) is 16.4 Å². The van der Waals surface area contributed by atoms with E-state index in [1.165, 1.54) is 0 Å². The van der Waals surface area contributed by atoms with E-state index in [1.54, 1.807) is 4.90 Å². The zero-order valence-electron chi connectivity index (χ0n) is 14.8. The van der Waals surface area contributed by atoms with Crippen molar-refractivity contribution in [2.45, 2.75) is 30.6 Å². The molecule has 9 heteroatoms. The summed E-state index contributed by atoms with van der Waals surface area (Å²) in [6.45, 7) is 1.26. The first-order chi connectivity index (χ1) is 12.8. The fourth-order valence-electron chi connectivity index (χ4n) is 3.64.